The number of hydrogen-bond acceptors (Lipinski definition) is 6. The molecule has 3 N–H and O–H groups in total. The van der Waals surface area contributed by atoms with Crippen LogP contribution in [0.5, 0.6) is 0 Å². The van der Waals surface area contributed by atoms with Crippen LogP contribution in [0.15, 0.2) is 30.7 Å². The Morgan fingerprint density at radius 2 is 2.33 bits per heavy atom. The van der Waals surface area contributed by atoms with Crippen molar-refractivity contribution in [2.45, 2.75) is 13.0 Å². The van der Waals surface area contributed by atoms with Gasteiger partial charge in [-0.2, -0.15) is 0 Å². The van der Waals surface area contributed by atoms with Crippen molar-refractivity contribution in [1.29, 1.82) is 0 Å². The number of nitrogens with zero attached hydrogens (tertiary/aromatic N) is 4. The molecular formula is C13H14N6OS. The molecule has 3 rings (SSSR count). The van der Waals surface area contributed by atoms with E-state index in [-0.39, 0.29) is 5.91 Å². The SMILES string of the molecule is Nc1c(C(=O)NCCCn2ccnn2)sc2ncccc12. The van der Waals surface area contributed by atoms with E-state index < -0.39 is 0 Å². The van der Waals surface area contributed by atoms with E-state index in [9.17, 15) is 4.79 Å². The van der Waals surface area contributed by atoms with Crippen molar-refractivity contribution in [2.75, 3.05) is 12.3 Å². The lowest BCUT2D eigenvalue weighted by molar-refractivity contribution is 0.0957. The topological polar surface area (TPSA) is 98.7 Å². The maximum atomic E-state index is 12.2. The second-order valence-electron chi connectivity index (χ2n) is 4.48. The first-order chi connectivity index (χ1) is 10.3. The minimum absolute atomic E-state index is 0.158. The zero-order chi connectivity index (χ0) is 14.7. The molecule has 3 aromatic rings. The molecule has 21 heavy (non-hydrogen) atoms. The number of hydrogen-bond donors (Lipinski definition) is 2. The van der Waals surface area contributed by atoms with Gasteiger partial charge in [0.2, 0.25) is 0 Å². The van der Waals surface area contributed by atoms with Crippen LogP contribution in [0.4, 0.5) is 5.69 Å². The summed E-state index contributed by atoms with van der Waals surface area (Å²) in [5.41, 5.74) is 6.51. The van der Waals surface area contributed by atoms with Gasteiger partial charge in [-0.1, -0.05) is 5.21 Å². The Morgan fingerprint density at radius 1 is 1.43 bits per heavy atom. The van der Waals surface area contributed by atoms with Crippen molar-refractivity contribution < 1.29 is 4.79 Å². The first kappa shape index (κ1) is 13.5. The number of amides is 1. The van der Waals surface area contributed by atoms with Gasteiger partial charge in [-0.25, -0.2) is 4.98 Å². The number of rotatable bonds is 5. The first-order valence-electron chi connectivity index (χ1n) is 6.51. The van der Waals surface area contributed by atoms with Gasteiger partial charge in [0.15, 0.2) is 0 Å². The van der Waals surface area contributed by atoms with Gasteiger partial charge < -0.3 is 11.1 Å². The Hall–Kier alpha value is -2.48. The standard InChI is InChI=1S/C13H14N6OS/c14-10-9-3-1-4-16-13(9)21-11(10)12(20)15-5-2-7-19-8-6-17-18-19/h1,3-4,6,8H,2,5,7,14H2,(H,15,20). The van der Waals surface area contributed by atoms with Crippen LogP contribution in [0.25, 0.3) is 10.2 Å². The van der Waals surface area contributed by atoms with Crippen LogP contribution in [0, 0.1) is 0 Å². The number of fused-ring (bicyclic) bond motifs is 1. The molecule has 0 aliphatic rings. The Balaban J connectivity index is 1.60. The fourth-order valence-electron chi connectivity index (χ4n) is 1.99. The number of thiophene rings is 1. The van der Waals surface area contributed by atoms with Crippen LogP contribution in [0.2, 0.25) is 0 Å². The third-order valence-corrected chi connectivity index (χ3v) is 4.16. The summed E-state index contributed by atoms with van der Waals surface area (Å²) in [7, 11) is 0. The smallest absolute Gasteiger partial charge is 0.263 e. The van der Waals surface area contributed by atoms with Crippen LogP contribution < -0.4 is 11.1 Å². The molecule has 0 aromatic carbocycles. The monoisotopic (exact) mass is 302 g/mol. The summed E-state index contributed by atoms with van der Waals surface area (Å²) in [6.07, 6.45) is 5.89. The molecule has 0 fully saturated rings. The average molecular weight is 302 g/mol. The van der Waals surface area contributed by atoms with Gasteiger partial charge in [0, 0.05) is 30.9 Å². The minimum Gasteiger partial charge on any atom is -0.397 e. The molecule has 0 aliphatic carbocycles. The van der Waals surface area contributed by atoms with Gasteiger partial charge >= 0.3 is 0 Å². The molecule has 0 bridgehead atoms. The van der Waals surface area contributed by atoms with Gasteiger partial charge in [0.1, 0.15) is 9.71 Å². The molecule has 3 aromatic heterocycles. The molecule has 1 amide bonds. The molecule has 0 saturated heterocycles. The van der Waals surface area contributed by atoms with Crippen molar-refractivity contribution in [3.05, 3.63) is 35.6 Å². The second-order valence-corrected chi connectivity index (χ2v) is 5.48. The largest absolute Gasteiger partial charge is 0.397 e. The summed E-state index contributed by atoms with van der Waals surface area (Å²) in [6, 6.07) is 3.68. The molecular weight excluding hydrogens is 288 g/mol. The lowest BCUT2D eigenvalue weighted by Crippen LogP contribution is -2.25. The number of pyridine rings is 1. The summed E-state index contributed by atoms with van der Waals surface area (Å²) in [4.78, 5) is 17.7. The number of anilines is 1. The van der Waals surface area contributed by atoms with Crippen molar-refractivity contribution >= 4 is 33.1 Å². The Labute approximate surface area is 124 Å². The lowest BCUT2D eigenvalue weighted by atomic mass is 10.2. The summed E-state index contributed by atoms with van der Waals surface area (Å²) < 4.78 is 1.73. The minimum atomic E-state index is -0.158. The van der Waals surface area contributed by atoms with Crippen LogP contribution in [0.1, 0.15) is 16.1 Å². The predicted molar refractivity (Wildman–Crippen MR) is 81.0 cm³/mol. The molecule has 0 atom stereocenters. The van der Waals surface area contributed by atoms with E-state index in [1.807, 2.05) is 12.1 Å². The zero-order valence-electron chi connectivity index (χ0n) is 11.2. The highest BCUT2D eigenvalue weighted by Crippen LogP contribution is 2.31. The fraction of sp³-hybridized carbons (Fsp3) is 0.231. The normalized spacial score (nSPS) is 10.9. The van der Waals surface area contributed by atoms with E-state index in [2.05, 4.69) is 20.6 Å². The third kappa shape index (κ3) is 2.84. The van der Waals surface area contributed by atoms with Gasteiger partial charge in [-0.05, 0) is 18.6 Å². The van der Waals surface area contributed by atoms with Crippen molar-refractivity contribution in [3.63, 3.8) is 0 Å². The van der Waals surface area contributed by atoms with Gasteiger partial charge in [0.05, 0.1) is 11.9 Å². The maximum absolute atomic E-state index is 12.2. The van der Waals surface area contributed by atoms with Gasteiger partial charge in [0.25, 0.3) is 5.91 Å². The number of aryl methyl sites for hydroxylation is 1. The third-order valence-electron chi connectivity index (χ3n) is 3.03. The van der Waals surface area contributed by atoms with Crippen LogP contribution in [0.3, 0.4) is 0 Å². The molecule has 0 radical (unpaired) electrons. The van der Waals surface area contributed by atoms with E-state index in [0.29, 0.717) is 23.7 Å². The lowest BCUT2D eigenvalue weighted by Gasteiger charge is -2.04. The zero-order valence-corrected chi connectivity index (χ0v) is 12.0. The van der Waals surface area contributed by atoms with E-state index >= 15 is 0 Å². The van der Waals surface area contributed by atoms with E-state index in [1.165, 1.54) is 11.3 Å². The fourth-order valence-corrected chi connectivity index (χ4v) is 2.97. The van der Waals surface area contributed by atoms with E-state index in [0.717, 1.165) is 16.6 Å². The van der Waals surface area contributed by atoms with Gasteiger partial charge in [-0.3, -0.25) is 9.48 Å². The Kier molecular flexibility index (Phi) is 3.78. The van der Waals surface area contributed by atoms with Crippen molar-refractivity contribution in [1.82, 2.24) is 25.3 Å². The highest BCUT2D eigenvalue weighted by molar-refractivity contribution is 7.21. The van der Waals surface area contributed by atoms with Crippen LogP contribution >= 0.6 is 11.3 Å². The molecule has 7 nitrogen and oxygen atoms in total. The van der Waals surface area contributed by atoms with Crippen molar-refractivity contribution in [2.24, 2.45) is 0 Å². The molecule has 0 unspecified atom stereocenters. The van der Waals surface area contributed by atoms with E-state index in [1.54, 1.807) is 23.3 Å². The second kappa shape index (κ2) is 5.88. The number of carbonyl (C=O) groups is 1. The van der Waals surface area contributed by atoms with E-state index in [4.69, 9.17) is 5.73 Å². The maximum Gasteiger partial charge on any atom is 0.263 e. The Bertz CT molecular complexity index is 751. The van der Waals surface area contributed by atoms with Crippen LogP contribution in [-0.2, 0) is 6.54 Å². The molecule has 0 spiro atoms. The summed E-state index contributed by atoms with van der Waals surface area (Å²) in [5.74, 6) is -0.158. The molecule has 0 aliphatic heterocycles. The summed E-state index contributed by atoms with van der Waals surface area (Å²) in [6.45, 7) is 1.27. The number of nitrogen functional groups attached to an aromatic ring is 1. The molecule has 108 valence electrons. The predicted octanol–water partition coefficient (Wildman–Crippen LogP) is 1.29. The Morgan fingerprint density at radius 3 is 3.10 bits per heavy atom. The quantitative estimate of drug-likeness (QED) is 0.692. The first-order valence-corrected chi connectivity index (χ1v) is 7.32. The number of nitrogens with two attached hydrogens (primary N) is 1. The van der Waals surface area contributed by atoms with Crippen LogP contribution in [-0.4, -0.2) is 32.4 Å². The molecule has 3 heterocycles. The number of nitrogens with one attached hydrogen (secondary N) is 1. The highest BCUT2D eigenvalue weighted by atomic mass is 32.1. The highest BCUT2D eigenvalue weighted by Gasteiger charge is 2.16. The van der Waals surface area contributed by atoms with Crippen molar-refractivity contribution in [3.8, 4) is 0 Å². The molecule has 8 heteroatoms. The summed E-state index contributed by atoms with van der Waals surface area (Å²) in [5, 5.41) is 11.3. The molecule has 0 saturated carbocycles. The summed E-state index contributed by atoms with van der Waals surface area (Å²) >= 11 is 1.31. The van der Waals surface area contributed by atoms with Gasteiger partial charge in [-0.15, -0.1) is 16.4 Å². The number of carbonyl (C=O) groups excluding carboxylic acids is 1. The number of aromatic nitrogens is 4. The average Bonchev–Trinajstić information content (AvgIpc) is 3.12.